The lowest BCUT2D eigenvalue weighted by Gasteiger charge is -2.26. The Labute approximate surface area is 182 Å². The van der Waals surface area contributed by atoms with Crippen molar-refractivity contribution >= 4 is 11.6 Å². The van der Waals surface area contributed by atoms with Crippen molar-refractivity contribution in [1.29, 1.82) is 0 Å². The molecule has 0 fully saturated rings. The number of halogens is 2. The first-order valence-corrected chi connectivity index (χ1v) is 10.3. The summed E-state index contributed by atoms with van der Waals surface area (Å²) in [7, 11) is 0. The minimum absolute atomic E-state index is 0.0835. The summed E-state index contributed by atoms with van der Waals surface area (Å²) in [4.78, 5) is 0. The molecule has 0 aliphatic rings. The topological polar surface area (TPSA) is 47.9 Å². The summed E-state index contributed by atoms with van der Waals surface area (Å²) in [5, 5.41) is 9.49. The third kappa shape index (κ3) is 7.21. The zero-order valence-electron chi connectivity index (χ0n) is 17.3. The van der Waals surface area contributed by atoms with Crippen LogP contribution in [-0.4, -0.2) is 49.7 Å². The van der Waals surface area contributed by atoms with Crippen molar-refractivity contribution in [2.45, 2.75) is 31.5 Å². The van der Waals surface area contributed by atoms with E-state index in [1.165, 1.54) is 0 Å². The van der Waals surface area contributed by atoms with E-state index in [1.54, 1.807) is 0 Å². The molecule has 30 heavy (non-hydrogen) atoms. The first-order chi connectivity index (χ1) is 14.4. The number of rotatable bonds is 12. The van der Waals surface area contributed by atoms with Crippen LogP contribution in [0.1, 0.15) is 25.0 Å². The molecule has 0 amide bonds. The van der Waals surface area contributed by atoms with Crippen LogP contribution in [-0.2, 0) is 10.2 Å². The van der Waals surface area contributed by atoms with Crippen molar-refractivity contribution in [1.82, 2.24) is 0 Å². The molecule has 0 heterocycles. The van der Waals surface area contributed by atoms with Crippen molar-refractivity contribution in [3.05, 3.63) is 59.7 Å². The number of aliphatic hydroxyl groups excluding tert-OH is 1. The second-order valence-electron chi connectivity index (χ2n) is 7.42. The summed E-state index contributed by atoms with van der Waals surface area (Å²) in [5.74, 6) is 3.70. The molecule has 162 valence electrons. The largest absolute Gasteiger partial charge is 0.491 e. The molecule has 2 rings (SSSR count). The Morgan fingerprint density at radius 3 is 1.93 bits per heavy atom. The smallest absolute Gasteiger partial charge is 0.157 e. The molecule has 4 nitrogen and oxygen atoms in total. The Kier molecular flexibility index (Phi) is 9.45. The van der Waals surface area contributed by atoms with E-state index in [0.29, 0.717) is 11.5 Å². The maximum atomic E-state index is 13.7. The summed E-state index contributed by atoms with van der Waals surface area (Å²) in [6.07, 6.45) is 3.14. The fraction of sp³-hybridized carbons (Fsp3) is 0.417. The monoisotopic (exact) mass is 433 g/mol. The first kappa shape index (κ1) is 24.0. The summed E-state index contributed by atoms with van der Waals surface area (Å²) in [6, 6.07) is 15.3. The third-order valence-electron chi connectivity index (χ3n) is 4.69. The summed E-state index contributed by atoms with van der Waals surface area (Å²) in [5.41, 5.74) is 1.95. The molecular weight excluding hydrogens is 406 g/mol. The second-order valence-corrected chi connectivity index (χ2v) is 7.73. The Morgan fingerprint density at radius 2 is 1.47 bits per heavy atom. The molecule has 0 aromatic heterocycles. The Bertz CT molecular complexity index is 799. The van der Waals surface area contributed by atoms with E-state index in [4.69, 9.17) is 32.2 Å². The lowest BCUT2D eigenvalue weighted by molar-refractivity contribution is 0.0745. The van der Waals surface area contributed by atoms with Gasteiger partial charge in [-0.1, -0.05) is 44.0 Å². The van der Waals surface area contributed by atoms with Crippen LogP contribution in [0, 0.1) is 12.3 Å². The predicted octanol–water partition coefficient (Wildman–Crippen LogP) is 4.36. The molecule has 2 atom stereocenters. The third-order valence-corrected chi connectivity index (χ3v) is 5.04. The summed E-state index contributed by atoms with van der Waals surface area (Å²) >= 11 is 5.57. The minimum Gasteiger partial charge on any atom is -0.491 e. The van der Waals surface area contributed by atoms with E-state index < -0.39 is 12.3 Å². The molecule has 0 saturated heterocycles. The van der Waals surface area contributed by atoms with Crippen LogP contribution in [0.2, 0.25) is 0 Å². The normalized spacial score (nSPS) is 13.3. The van der Waals surface area contributed by atoms with Crippen LogP contribution in [0.4, 0.5) is 4.39 Å². The highest BCUT2D eigenvalue weighted by atomic mass is 35.5. The molecule has 1 N–H and O–H groups in total. The summed E-state index contributed by atoms with van der Waals surface area (Å²) < 4.78 is 29.7. The van der Waals surface area contributed by atoms with Gasteiger partial charge in [0, 0.05) is 5.41 Å². The first-order valence-electron chi connectivity index (χ1n) is 9.72. The van der Waals surface area contributed by atoms with Crippen LogP contribution in [0.25, 0.3) is 0 Å². The molecule has 0 spiro atoms. The predicted molar refractivity (Wildman–Crippen MR) is 117 cm³/mol. The highest BCUT2D eigenvalue weighted by Gasteiger charge is 2.23. The average molecular weight is 434 g/mol. The number of hydrogen-bond donors (Lipinski definition) is 1. The van der Waals surface area contributed by atoms with Gasteiger partial charge in [0.1, 0.15) is 37.4 Å². The van der Waals surface area contributed by atoms with Crippen LogP contribution in [0.3, 0.4) is 0 Å². The van der Waals surface area contributed by atoms with Gasteiger partial charge in [0.2, 0.25) is 0 Å². The summed E-state index contributed by atoms with van der Waals surface area (Å²) in [6.45, 7) is 4.32. The van der Waals surface area contributed by atoms with Gasteiger partial charge in [0.15, 0.2) is 6.17 Å². The van der Waals surface area contributed by atoms with Crippen LogP contribution in [0.5, 0.6) is 11.5 Å². The van der Waals surface area contributed by atoms with E-state index >= 15 is 0 Å². The molecule has 0 saturated carbocycles. The fourth-order valence-electron chi connectivity index (χ4n) is 2.82. The Morgan fingerprint density at radius 1 is 0.967 bits per heavy atom. The van der Waals surface area contributed by atoms with Gasteiger partial charge in [0.05, 0.1) is 12.5 Å². The Hall–Kier alpha value is -2.26. The van der Waals surface area contributed by atoms with Gasteiger partial charge in [-0.2, -0.15) is 0 Å². The fourth-order valence-corrected chi connectivity index (χ4v) is 2.91. The molecule has 2 unspecified atom stereocenters. The number of benzene rings is 2. The van der Waals surface area contributed by atoms with Gasteiger partial charge in [-0.3, -0.25) is 0 Å². The SMILES string of the molecule is C#CCOCC([18F])COc1ccc(C(C)(C)c2ccc(OCC(O)CCl)cc2)cc1. The van der Waals surface area contributed by atoms with Gasteiger partial charge < -0.3 is 19.3 Å². The van der Waals surface area contributed by atoms with Gasteiger partial charge in [-0.05, 0) is 35.4 Å². The highest BCUT2D eigenvalue weighted by Crippen LogP contribution is 2.33. The van der Waals surface area contributed by atoms with Crippen LogP contribution < -0.4 is 9.47 Å². The molecule has 0 radical (unpaired) electrons. The number of hydrogen-bond acceptors (Lipinski definition) is 4. The maximum absolute atomic E-state index is 13.7. The van der Waals surface area contributed by atoms with E-state index in [-0.39, 0.29) is 37.7 Å². The average Bonchev–Trinajstić information content (AvgIpc) is 2.76. The molecule has 0 aliphatic heterocycles. The van der Waals surface area contributed by atoms with Crippen molar-refractivity contribution in [3.8, 4) is 23.8 Å². The van der Waals surface area contributed by atoms with Crippen LogP contribution in [0.15, 0.2) is 48.5 Å². The van der Waals surface area contributed by atoms with E-state index in [1.807, 2.05) is 48.5 Å². The van der Waals surface area contributed by atoms with Gasteiger partial charge in [-0.25, -0.2) is 4.39 Å². The zero-order chi connectivity index (χ0) is 22.0. The zero-order valence-corrected chi connectivity index (χ0v) is 18.1. The quantitative estimate of drug-likeness (QED) is 0.307. The van der Waals surface area contributed by atoms with E-state index in [0.717, 1.165) is 11.1 Å². The van der Waals surface area contributed by atoms with Crippen molar-refractivity contribution in [2.24, 2.45) is 0 Å². The van der Waals surface area contributed by atoms with E-state index in [9.17, 15) is 9.50 Å². The Balaban J connectivity index is 1.95. The maximum Gasteiger partial charge on any atom is 0.157 e. The molecular formula is C24H28ClFO4. The van der Waals surface area contributed by atoms with E-state index in [2.05, 4.69) is 19.8 Å². The van der Waals surface area contributed by atoms with Crippen molar-refractivity contribution in [2.75, 3.05) is 32.3 Å². The number of terminal acetylenes is 1. The molecule has 2 aromatic carbocycles. The lowest BCUT2D eigenvalue weighted by atomic mass is 9.78. The van der Waals surface area contributed by atoms with Gasteiger partial charge in [0.25, 0.3) is 0 Å². The molecule has 0 aliphatic carbocycles. The number of alkyl halides is 2. The standard InChI is InChI=1S/C24H28ClFO4/c1-4-13-28-15-20(26)16-29-22-9-5-18(6-10-22)24(2,3)19-7-11-23(12-8-19)30-17-21(27)14-25/h1,5-12,20-21,27H,13-17H2,2-3H3/i26-1. The van der Waals surface area contributed by atoms with Gasteiger partial charge in [-0.15, -0.1) is 18.0 Å². The van der Waals surface area contributed by atoms with Crippen molar-refractivity contribution < 1.29 is 23.7 Å². The molecule has 0 bridgehead atoms. The molecule has 2 aromatic rings. The highest BCUT2D eigenvalue weighted by molar-refractivity contribution is 6.18. The van der Waals surface area contributed by atoms with Crippen LogP contribution >= 0.6 is 11.6 Å². The molecule has 6 heteroatoms. The number of aliphatic hydroxyl groups is 1. The lowest BCUT2D eigenvalue weighted by Crippen LogP contribution is -2.20. The second kappa shape index (κ2) is 11.8. The number of ether oxygens (including phenoxy) is 3. The van der Waals surface area contributed by atoms with Gasteiger partial charge >= 0.3 is 0 Å². The minimum atomic E-state index is -1.24. The van der Waals surface area contributed by atoms with Crippen molar-refractivity contribution in [3.63, 3.8) is 0 Å².